The van der Waals surface area contributed by atoms with E-state index in [4.69, 9.17) is 9.47 Å². The fraction of sp³-hybridized carbons (Fsp3) is 0.353. The fourth-order valence-electron chi connectivity index (χ4n) is 2.32. The Morgan fingerprint density at radius 1 is 1.12 bits per heavy atom. The summed E-state index contributed by atoms with van der Waals surface area (Å²) < 4.78 is 47.8. The van der Waals surface area contributed by atoms with Crippen LogP contribution in [0.5, 0.6) is 0 Å². The number of methoxy groups -OCH3 is 2. The summed E-state index contributed by atoms with van der Waals surface area (Å²) in [7, 11) is 2.77. The highest BCUT2D eigenvalue weighted by molar-refractivity contribution is 5.92. The maximum absolute atomic E-state index is 12.7. The maximum atomic E-state index is 12.7. The fourth-order valence-corrected chi connectivity index (χ4v) is 2.32. The number of aromatic nitrogens is 2. The number of halogens is 3. The van der Waals surface area contributed by atoms with Crippen LogP contribution in [0, 0.1) is 6.92 Å². The first kappa shape index (κ1) is 18.9. The lowest BCUT2D eigenvalue weighted by Crippen LogP contribution is -2.14. The topological polar surface area (TPSA) is 61.3 Å². The van der Waals surface area contributed by atoms with Crippen LogP contribution in [-0.4, -0.2) is 36.8 Å². The number of carbonyl (C=O) groups is 1. The Kier molecular flexibility index (Phi) is 5.73. The largest absolute Gasteiger partial charge is 0.465 e. The number of esters is 1. The molecule has 25 heavy (non-hydrogen) atoms. The molecule has 0 fully saturated rings. The SMILES string of the molecule is COCCc1nc(-c2ccc(C(F)(F)F)cc2)nc(C)c1C(=O)OC. The molecule has 5 nitrogen and oxygen atoms in total. The second-order valence-corrected chi connectivity index (χ2v) is 5.26. The zero-order valence-electron chi connectivity index (χ0n) is 14.0. The van der Waals surface area contributed by atoms with E-state index >= 15 is 0 Å². The van der Waals surface area contributed by atoms with Crippen molar-refractivity contribution in [3.8, 4) is 11.4 Å². The predicted molar refractivity (Wildman–Crippen MR) is 84.1 cm³/mol. The minimum atomic E-state index is -4.41. The Bertz CT molecular complexity index is 759. The first-order chi connectivity index (χ1) is 11.8. The van der Waals surface area contributed by atoms with E-state index in [1.807, 2.05) is 0 Å². The summed E-state index contributed by atoms with van der Waals surface area (Å²) in [5.74, 6) is -0.326. The third kappa shape index (κ3) is 4.33. The Morgan fingerprint density at radius 3 is 2.28 bits per heavy atom. The molecule has 0 atom stereocenters. The molecule has 2 rings (SSSR count). The van der Waals surface area contributed by atoms with Crippen LogP contribution in [0.25, 0.3) is 11.4 Å². The molecule has 134 valence electrons. The van der Waals surface area contributed by atoms with Gasteiger partial charge in [-0.05, 0) is 19.1 Å². The Hall–Kier alpha value is -2.48. The van der Waals surface area contributed by atoms with Gasteiger partial charge in [0.05, 0.1) is 30.7 Å². The standard InChI is InChI=1S/C17H17F3N2O3/c1-10-14(16(23)25-3)13(8-9-24-2)22-15(21-10)11-4-6-12(7-5-11)17(18,19)20/h4-7H,8-9H2,1-3H3. The molecule has 0 aliphatic heterocycles. The van der Waals surface area contributed by atoms with Crippen LogP contribution in [0.4, 0.5) is 13.2 Å². The number of aryl methyl sites for hydroxylation is 1. The van der Waals surface area contributed by atoms with E-state index < -0.39 is 17.7 Å². The molecule has 1 aromatic carbocycles. The lowest BCUT2D eigenvalue weighted by atomic mass is 10.1. The summed E-state index contributed by atoms with van der Waals surface area (Å²) in [4.78, 5) is 20.5. The van der Waals surface area contributed by atoms with Crippen molar-refractivity contribution >= 4 is 5.97 Å². The molecule has 0 saturated heterocycles. The zero-order chi connectivity index (χ0) is 18.6. The highest BCUT2D eigenvalue weighted by atomic mass is 19.4. The average molecular weight is 354 g/mol. The van der Waals surface area contributed by atoms with Crippen molar-refractivity contribution < 1.29 is 27.4 Å². The number of rotatable bonds is 5. The molecule has 0 saturated carbocycles. The van der Waals surface area contributed by atoms with Gasteiger partial charge in [0, 0.05) is 19.1 Å². The molecular weight excluding hydrogens is 337 g/mol. The van der Waals surface area contributed by atoms with Crippen molar-refractivity contribution in [1.29, 1.82) is 0 Å². The van der Waals surface area contributed by atoms with Crippen LogP contribution in [-0.2, 0) is 22.1 Å². The van der Waals surface area contributed by atoms with Crippen LogP contribution < -0.4 is 0 Å². The Balaban J connectivity index is 2.48. The van der Waals surface area contributed by atoms with Crippen molar-refractivity contribution in [2.24, 2.45) is 0 Å². The van der Waals surface area contributed by atoms with Gasteiger partial charge < -0.3 is 9.47 Å². The maximum Gasteiger partial charge on any atom is 0.416 e. The van der Waals surface area contributed by atoms with Gasteiger partial charge in [-0.15, -0.1) is 0 Å². The van der Waals surface area contributed by atoms with E-state index in [0.717, 1.165) is 12.1 Å². The van der Waals surface area contributed by atoms with Crippen LogP contribution in [0.3, 0.4) is 0 Å². The molecule has 0 bridgehead atoms. The molecule has 1 heterocycles. The lowest BCUT2D eigenvalue weighted by Gasteiger charge is -2.12. The molecular formula is C17H17F3N2O3. The Labute approximate surface area is 142 Å². The summed E-state index contributed by atoms with van der Waals surface area (Å²) in [6.07, 6.45) is -4.06. The molecule has 0 N–H and O–H groups in total. The van der Waals surface area contributed by atoms with Gasteiger partial charge >= 0.3 is 12.1 Å². The zero-order valence-corrected chi connectivity index (χ0v) is 14.0. The molecule has 0 unspecified atom stereocenters. The van der Waals surface area contributed by atoms with Crippen LogP contribution in [0.1, 0.15) is 27.3 Å². The predicted octanol–water partition coefficient (Wildman–Crippen LogP) is 3.45. The molecule has 0 radical (unpaired) electrons. The summed E-state index contributed by atoms with van der Waals surface area (Å²) in [6.45, 7) is 1.95. The number of carbonyl (C=O) groups excluding carboxylic acids is 1. The summed E-state index contributed by atoms with van der Waals surface area (Å²) in [6, 6.07) is 4.54. The highest BCUT2D eigenvalue weighted by Gasteiger charge is 2.30. The normalized spacial score (nSPS) is 11.4. The molecule has 8 heteroatoms. The summed E-state index contributed by atoms with van der Waals surface area (Å²) in [5, 5.41) is 0. The number of alkyl halides is 3. The van der Waals surface area contributed by atoms with Crippen LogP contribution >= 0.6 is 0 Å². The van der Waals surface area contributed by atoms with E-state index in [2.05, 4.69) is 9.97 Å². The quantitative estimate of drug-likeness (QED) is 0.770. The average Bonchev–Trinajstić information content (AvgIpc) is 2.58. The molecule has 0 spiro atoms. The highest BCUT2D eigenvalue weighted by Crippen LogP contribution is 2.30. The molecule has 0 amide bonds. The number of nitrogens with zero attached hydrogens (tertiary/aromatic N) is 2. The van der Waals surface area contributed by atoms with E-state index in [-0.39, 0.29) is 11.4 Å². The molecule has 2 aromatic rings. The van der Waals surface area contributed by atoms with Gasteiger partial charge in [-0.2, -0.15) is 13.2 Å². The van der Waals surface area contributed by atoms with E-state index in [1.54, 1.807) is 6.92 Å². The van der Waals surface area contributed by atoms with Gasteiger partial charge in [-0.1, -0.05) is 12.1 Å². The van der Waals surface area contributed by atoms with Crippen molar-refractivity contribution in [3.63, 3.8) is 0 Å². The van der Waals surface area contributed by atoms with E-state index in [1.165, 1.54) is 26.4 Å². The molecule has 0 aliphatic rings. The third-order valence-electron chi connectivity index (χ3n) is 3.57. The smallest absolute Gasteiger partial charge is 0.416 e. The van der Waals surface area contributed by atoms with E-state index in [9.17, 15) is 18.0 Å². The molecule has 0 aliphatic carbocycles. The number of benzene rings is 1. The Morgan fingerprint density at radius 2 is 1.76 bits per heavy atom. The number of hydrogen-bond acceptors (Lipinski definition) is 5. The minimum absolute atomic E-state index is 0.241. The molecule has 1 aromatic heterocycles. The second-order valence-electron chi connectivity index (χ2n) is 5.26. The van der Waals surface area contributed by atoms with Gasteiger partial charge in [0.1, 0.15) is 5.56 Å². The van der Waals surface area contributed by atoms with Crippen LogP contribution in [0.2, 0.25) is 0 Å². The van der Waals surface area contributed by atoms with Gasteiger partial charge in [-0.3, -0.25) is 0 Å². The van der Waals surface area contributed by atoms with Crippen molar-refractivity contribution in [3.05, 3.63) is 46.8 Å². The summed E-state index contributed by atoms with van der Waals surface area (Å²) >= 11 is 0. The summed E-state index contributed by atoms with van der Waals surface area (Å²) in [5.41, 5.74) is 0.735. The van der Waals surface area contributed by atoms with Crippen LogP contribution in [0.15, 0.2) is 24.3 Å². The van der Waals surface area contributed by atoms with Gasteiger partial charge in [0.25, 0.3) is 0 Å². The van der Waals surface area contributed by atoms with Gasteiger partial charge in [-0.25, -0.2) is 14.8 Å². The first-order valence-electron chi connectivity index (χ1n) is 7.40. The number of hydrogen-bond donors (Lipinski definition) is 0. The second kappa shape index (κ2) is 7.60. The van der Waals surface area contributed by atoms with Crippen molar-refractivity contribution in [2.75, 3.05) is 20.8 Å². The number of ether oxygens (including phenoxy) is 2. The van der Waals surface area contributed by atoms with Crippen molar-refractivity contribution in [1.82, 2.24) is 9.97 Å². The van der Waals surface area contributed by atoms with Crippen molar-refractivity contribution in [2.45, 2.75) is 19.5 Å². The lowest BCUT2D eigenvalue weighted by molar-refractivity contribution is -0.137. The van der Waals surface area contributed by atoms with E-state index in [0.29, 0.717) is 30.0 Å². The van der Waals surface area contributed by atoms with Gasteiger partial charge in [0.2, 0.25) is 0 Å². The minimum Gasteiger partial charge on any atom is -0.465 e. The van der Waals surface area contributed by atoms with Gasteiger partial charge in [0.15, 0.2) is 5.82 Å². The first-order valence-corrected chi connectivity index (χ1v) is 7.40. The third-order valence-corrected chi connectivity index (χ3v) is 3.57. The monoisotopic (exact) mass is 354 g/mol.